The quantitative estimate of drug-likeness (QED) is 0.354. The minimum atomic E-state index is -2.76. The molecule has 0 amide bonds. The van der Waals surface area contributed by atoms with Gasteiger partial charge in [0.2, 0.25) is 0 Å². The van der Waals surface area contributed by atoms with E-state index in [1.54, 1.807) is 33.8 Å². The number of phenols is 1. The summed E-state index contributed by atoms with van der Waals surface area (Å²) in [7, 11) is 0. The smallest absolute Gasteiger partial charge is 0.310 e. The van der Waals surface area contributed by atoms with Crippen LogP contribution in [0.1, 0.15) is 109 Å². The standard InChI is InChI=1S/C35H46O9/c1-16(2)20-11-19(12-22(37)44-15-32(6,7)8)27(38)24-21(20)13-33(9)14-34(10)25(17(3)4)28(39)23(18(5)36)30(41)35(34,43)31(42)26(33)29(24)40/h11,16-17,23,25-26,38,43H,12-15H2,1-10H3/t23?,25?,26?,33-,34-,35+/m1/s1. The monoisotopic (exact) mass is 610 g/mol. The molecule has 2 fully saturated rings. The van der Waals surface area contributed by atoms with E-state index in [1.807, 2.05) is 34.6 Å². The SMILES string of the molecule is CC(=O)C1C(=O)C(C(C)C)[C@@]2(C)C[C@@]3(C)Cc4c(C(C)C)cc(CC(=O)OCC(C)(C)C)c(O)c4C(=O)C3C(=O)[C@@]2(O)C1=O. The lowest BCUT2D eigenvalue weighted by Gasteiger charge is -2.62. The fourth-order valence-electron chi connectivity index (χ4n) is 8.44. The van der Waals surface area contributed by atoms with Crippen LogP contribution in [0.5, 0.6) is 5.75 Å². The van der Waals surface area contributed by atoms with Crippen LogP contribution in [0.4, 0.5) is 0 Å². The molecule has 0 aliphatic heterocycles. The van der Waals surface area contributed by atoms with Gasteiger partial charge >= 0.3 is 5.97 Å². The highest BCUT2D eigenvalue weighted by molar-refractivity contribution is 6.32. The van der Waals surface area contributed by atoms with Crippen LogP contribution in [0.2, 0.25) is 0 Å². The van der Waals surface area contributed by atoms with Crippen LogP contribution in [-0.2, 0) is 41.6 Å². The van der Waals surface area contributed by atoms with E-state index in [0.29, 0.717) is 5.56 Å². The summed E-state index contributed by atoms with van der Waals surface area (Å²) in [6.07, 6.45) is -0.144. The van der Waals surface area contributed by atoms with Gasteiger partial charge in [-0.3, -0.25) is 28.8 Å². The first-order valence-corrected chi connectivity index (χ1v) is 15.5. The second kappa shape index (κ2) is 10.7. The van der Waals surface area contributed by atoms with E-state index >= 15 is 0 Å². The molecule has 9 nitrogen and oxygen atoms in total. The number of hydrogen-bond donors (Lipinski definition) is 2. The third kappa shape index (κ3) is 4.86. The highest BCUT2D eigenvalue weighted by Crippen LogP contribution is 2.64. The Morgan fingerprint density at radius 2 is 1.64 bits per heavy atom. The number of phenolic OH excluding ortho intramolecular Hbond substituents is 1. The maximum atomic E-state index is 14.5. The van der Waals surface area contributed by atoms with Crippen LogP contribution < -0.4 is 0 Å². The van der Waals surface area contributed by atoms with Gasteiger partial charge in [-0.15, -0.1) is 0 Å². The number of aromatic hydroxyl groups is 1. The Bertz CT molecular complexity index is 1480. The summed E-state index contributed by atoms with van der Waals surface area (Å²) in [6, 6.07) is 1.71. The van der Waals surface area contributed by atoms with Gasteiger partial charge in [0.05, 0.1) is 24.5 Å². The van der Waals surface area contributed by atoms with E-state index in [0.717, 1.165) is 12.5 Å². The van der Waals surface area contributed by atoms with Crippen LogP contribution in [0, 0.1) is 39.9 Å². The molecule has 1 aromatic rings. The van der Waals surface area contributed by atoms with Gasteiger partial charge in [-0.1, -0.05) is 68.4 Å². The number of ketones is 5. The number of hydrogen-bond acceptors (Lipinski definition) is 9. The first-order valence-electron chi connectivity index (χ1n) is 15.5. The van der Waals surface area contributed by atoms with Gasteiger partial charge < -0.3 is 14.9 Å². The molecule has 2 N–H and O–H groups in total. The summed E-state index contributed by atoms with van der Waals surface area (Å²) in [5.41, 5.74) is -4.34. The number of Topliss-reactive ketones (excluding diaryl/α,β-unsaturated/α-hetero) is 5. The van der Waals surface area contributed by atoms with Crippen molar-refractivity contribution in [1.29, 1.82) is 0 Å². The van der Waals surface area contributed by atoms with Crippen molar-refractivity contribution in [2.75, 3.05) is 6.61 Å². The summed E-state index contributed by atoms with van der Waals surface area (Å²) in [6.45, 7) is 17.7. The van der Waals surface area contributed by atoms with Gasteiger partial charge in [-0.2, -0.15) is 0 Å². The summed E-state index contributed by atoms with van der Waals surface area (Å²) in [4.78, 5) is 81.7. The molecule has 3 aliphatic rings. The number of esters is 1. The first kappa shape index (κ1) is 33.7. The minimum Gasteiger partial charge on any atom is -0.507 e. The van der Waals surface area contributed by atoms with Crippen molar-refractivity contribution >= 4 is 34.9 Å². The zero-order chi connectivity index (χ0) is 33.5. The van der Waals surface area contributed by atoms with Crippen molar-refractivity contribution < 1.29 is 43.7 Å². The zero-order valence-corrected chi connectivity index (χ0v) is 27.5. The average Bonchev–Trinajstić information content (AvgIpc) is 2.85. The van der Waals surface area contributed by atoms with Gasteiger partial charge in [0, 0.05) is 16.9 Å². The highest BCUT2D eigenvalue weighted by Gasteiger charge is 2.76. The Kier molecular flexibility index (Phi) is 8.20. The minimum absolute atomic E-state index is 0.0117. The molecule has 0 heterocycles. The van der Waals surface area contributed by atoms with Gasteiger partial charge in [0.15, 0.2) is 28.7 Å². The van der Waals surface area contributed by atoms with Crippen molar-refractivity contribution in [3.8, 4) is 5.75 Å². The summed E-state index contributed by atoms with van der Waals surface area (Å²) in [5.74, 6) is -10.2. The number of rotatable bonds is 6. The fourth-order valence-corrected chi connectivity index (χ4v) is 8.44. The van der Waals surface area contributed by atoms with Crippen LogP contribution in [0.3, 0.4) is 0 Å². The molecule has 0 saturated heterocycles. The topological polar surface area (TPSA) is 152 Å². The van der Waals surface area contributed by atoms with E-state index < -0.39 is 80.7 Å². The Morgan fingerprint density at radius 1 is 1.05 bits per heavy atom. The maximum absolute atomic E-state index is 14.5. The van der Waals surface area contributed by atoms with E-state index in [2.05, 4.69) is 0 Å². The lowest BCUT2D eigenvalue weighted by Crippen LogP contribution is -2.76. The van der Waals surface area contributed by atoms with Gasteiger partial charge in [-0.25, -0.2) is 0 Å². The largest absolute Gasteiger partial charge is 0.507 e. The Balaban J connectivity index is 1.90. The summed E-state index contributed by atoms with van der Waals surface area (Å²) >= 11 is 0. The molecule has 1 aromatic carbocycles. The zero-order valence-electron chi connectivity index (χ0n) is 27.5. The van der Waals surface area contributed by atoms with E-state index in [1.165, 1.54) is 0 Å². The lowest BCUT2D eigenvalue weighted by atomic mass is 9.39. The predicted molar refractivity (Wildman–Crippen MR) is 161 cm³/mol. The molecule has 0 spiro atoms. The summed E-state index contributed by atoms with van der Waals surface area (Å²) in [5, 5.41) is 23.6. The number of ether oxygens (including phenoxy) is 1. The molecule has 0 bridgehead atoms. The molecule has 0 radical (unpaired) electrons. The van der Waals surface area contributed by atoms with Gasteiger partial charge in [0.25, 0.3) is 0 Å². The number of aliphatic hydroxyl groups is 1. The Morgan fingerprint density at radius 3 is 2.14 bits per heavy atom. The number of benzene rings is 1. The number of carbonyl (C=O) groups excluding carboxylic acids is 6. The number of carbonyl (C=O) groups is 6. The Labute approximate surface area is 259 Å². The third-order valence-corrected chi connectivity index (χ3v) is 10.1. The highest BCUT2D eigenvalue weighted by atomic mass is 16.5. The van der Waals surface area contributed by atoms with Gasteiger partial charge in [-0.05, 0) is 53.6 Å². The van der Waals surface area contributed by atoms with E-state index in [-0.39, 0.29) is 48.3 Å². The van der Waals surface area contributed by atoms with Crippen LogP contribution in [0.15, 0.2) is 6.07 Å². The molecule has 0 aromatic heterocycles. The van der Waals surface area contributed by atoms with Crippen molar-refractivity contribution in [3.05, 3.63) is 28.3 Å². The number of fused-ring (bicyclic) bond motifs is 3. The molecule has 9 heteroatoms. The molecular formula is C35H46O9. The normalized spacial score (nSPS) is 32.0. The van der Waals surface area contributed by atoms with Crippen LogP contribution >= 0.6 is 0 Å². The maximum Gasteiger partial charge on any atom is 0.310 e. The average molecular weight is 611 g/mol. The van der Waals surface area contributed by atoms with E-state index in [4.69, 9.17) is 4.74 Å². The van der Waals surface area contributed by atoms with Crippen LogP contribution in [-0.4, -0.2) is 57.3 Å². The molecule has 44 heavy (non-hydrogen) atoms. The van der Waals surface area contributed by atoms with Crippen LogP contribution in [0.25, 0.3) is 0 Å². The lowest BCUT2D eigenvalue weighted by molar-refractivity contribution is -0.205. The summed E-state index contributed by atoms with van der Waals surface area (Å²) < 4.78 is 5.40. The second-order valence-electron chi connectivity index (χ2n) is 15.7. The third-order valence-electron chi connectivity index (χ3n) is 10.1. The van der Waals surface area contributed by atoms with E-state index in [9.17, 15) is 39.0 Å². The fraction of sp³-hybridized carbons (Fsp3) is 0.657. The molecule has 3 aliphatic carbocycles. The predicted octanol–water partition coefficient (Wildman–Crippen LogP) is 4.35. The van der Waals surface area contributed by atoms with Crippen molar-refractivity contribution in [1.82, 2.24) is 0 Å². The molecule has 6 atom stereocenters. The molecule has 2 saturated carbocycles. The van der Waals surface area contributed by atoms with Crippen molar-refractivity contribution in [2.45, 2.75) is 100 Å². The van der Waals surface area contributed by atoms with Crippen molar-refractivity contribution in [2.24, 2.45) is 39.9 Å². The Hall–Kier alpha value is -3.20. The first-order chi connectivity index (χ1) is 20.0. The molecule has 240 valence electrons. The van der Waals surface area contributed by atoms with Crippen molar-refractivity contribution in [3.63, 3.8) is 0 Å². The molecule has 3 unspecified atom stereocenters. The molecular weight excluding hydrogens is 564 g/mol. The second-order valence-corrected chi connectivity index (χ2v) is 15.7. The van der Waals surface area contributed by atoms with Gasteiger partial charge in [0.1, 0.15) is 17.5 Å². The molecule has 4 rings (SSSR count).